The monoisotopic (exact) mass is 477 g/mol. The highest BCUT2D eigenvalue weighted by Gasteiger charge is 2.30. The van der Waals surface area contributed by atoms with E-state index in [-0.39, 0.29) is 35.2 Å². The van der Waals surface area contributed by atoms with Crippen LogP contribution in [0.1, 0.15) is 43.4 Å². The quantitative estimate of drug-likeness (QED) is 0.231. The van der Waals surface area contributed by atoms with Crippen molar-refractivity contribution < 1.29 is 39.4 Å². The van der Waals surface area contributed by atoms with Gasteiger partial charge >= 0.3 is 0 Å². The van der Waals surface area contributed by atoms with E-state index in [2.05, 4.69) is 5.32 Å². The highest BCUT2D eigenvalue weighted by molar-refractivity contribution is 5.53. The fourth-order valence-electron chi connectivity index (χ4n) is 4.08. The molecule has 0 saturated carbocycles. The molecule has 188 valence electrons. The maximum absolute atomic E-state index is 10.5. The Morgan fingerprint density at radius 3 is 2.59 bits per heavy atom. The number of hydrogen-bond acceptors (Lipinski definition) is 9. The van der Waals surface area contributed by atoms with Crippen LogP contribution in [0.5, 0.6) is 28.7 Å². The first-order valence-electron chi connectivity index (χ1n) is 11.6. The molecule has 0 amide bonds. The van der Waals surface area contributed by atoms with Crippen molar-refractivity contribution in [2.24, 2.45) is 0 Å². The molecule has 0 spiro atoms. The first-order valence-corrected chi connectivity index (χ1v) is 11.6. The summed E-state index contributed by atoms with van der Waals surface area (Å²) >= 11 is 0. The Hall–Kier alpha value is -2.72. The normalized spacial score (nSPS) is 20.2. The van der Waals surface area contributed by atoms with Crippen LogP contribution in [0.2, 0.25) is 0 Å². The summed E-state index contributed by atoms with van der Waals surface area (Å²) in [7, 11) is 1.48. The summed E-state index contributed by atoms with van der Waals surface area (Å²) in [5.41, 5.74) is 1.68. The second-order valence-corrected chi connectivity index (χ2v) is 8.26. The van der Waals surface area contributed by atoms with Crippen molar-refractivity contribution in [2.45, 2.75) is 50.9 Å². The van der Waals surface area contributed by atoms with Crippen LogP contribution in [0.15, 0.2) is 30.3 Å². The topological polar surface area (TPSA) is 130 Å². The fourth-order valence-corrected chi connectivity index (χ4v) is 4.08. The SMILES string of the molecule is CCNCCOc1cc([C@H]2C[C@@H](O)C[C@H](CCc3ccc(O)c(OCO)c3)O2)cc(OC)c1O. The maximum atomic E-state index is 10.5. The van der Waals surface area contributed by atoms with E-state index in [0.29, 0.717) is 44.6 Å². The number of phenolic OH excluding ortho intramolecular Hbond substituents is 2. The highest BCUT2D eigenvalue weighted by atomic mass is 16.6. The molecule has 0 bridgehead atoms. The molecular weight excluding hydrogens is 442 g/mol. The van der Waals surface area contributed by atoms with E-state index in [0.717, 1.165) is 17.7 Å². The van der Waals surface area contributed by atoms with Gasteiger partial charge < -0.3 is 44.7 Å². The zero-order chi connectivity index (χ0) is 24.5. The number of phenols is 2. The van der Waals surface area contributed by atoms with Gasteiger partial charge in [0.05, 0.1) is 25.4 Å². The number of aryl methyl sites for hydroxylation is 1. The molecule has 1 saturated heterocycles. The zero-order valence-corrected chi connectivity index (χ0v) is 19.7. The largest absolute Gasteiger partial charge is 0.504 e. The summed E-state index contributed by atoms with van der Waals surface area (Å²) in [5.74, 6) is 0.723. The summed E-state index contributed by atoms with van der Waals surface area (Å²) < 4.78 is 22.4. The maximum Gasteiger partial charge on any atom is 0.200 e. The second kappa shape index (κ2) is 12.7. The van der Waals surface area contributed by atoms with Crippen molar-refractivity contribution in [1.29, 1.82) is 0 Å². The standard InChI is InChI=1S/C25H35NO8/c1-3-26-8-9-32-24-12-17(11-23(31-2)25(24)30)21-14-18(28)13-19(34-21)6-4-16-5-7-20(29)22(10-16)33-15-27/h5,7,10-12,18-19,21,26-30H,3-4,6,8-9,13-15H2,1-2H3/t18-,19-,21+/m0/s1. The van der Waals surface area contributed by atoms with Gasteiger partial charge in [-0.15, -0.1) is 0 Å². The average Bonchev–Trinajstić information content (AvgIpc) is 2.83. The minimum absolute atomic E-state index is 0.0352. The van der Waals surface area contributed by atoms with Gasteiger partial charge in [0.2, 0.25) is 5.75 Å². The van der Waals surface area contributed by atoms with Crippen LogP contribution in [0.4, 0.5) is 0 Å². The van der Waals surface area contributed by atoms with E-state index in [4.69, 9.17) is 24.1 Å². The van der Waals surface area contributed by atoms with Gasteiger partial charge in [-0.2, -0.15) is 0 Å². The number of likely N-dealkylation sites (N-methyl/N-ethyl adjacent to an activating group) is 1. The van der Waals surface area contributed by atoms with Gasteiger partial charge in [-0.05, 0) is 61.2 Å². The van der Waals surface area contributed by atoms with E-state index in [9.17, 15) is 15.3 Å². The molecule has 34 heavy (non-hydrogen) atoms. The number of aliphatic hydroxyl groups excluding tert-OH is 2. The van der Waals surface area contributed by atoms with Crippen LogP contribution >= 0.6 is 0 Å². The van der Waals surface area contributed by atoms with Crippen LogP contribution in [-0.2, 0) is 11.2 Å². The van der Waals surface area contributed by atoms with Gasteiger partial charge in [0, 0.05) is 13.0 Å². The molecule has 3 atom stereocenters. The molecule has 0 radical (unpaired) electrons. The van der Waals surface area contributed by atoms with Crippen molar-refractivity contribution >= 4 is 0 Å². The van der Waals surface area contributed by atoms with Crippen LogP contribution < -0.4 is 19.5 Å². The number of ether oxygens (including phenoxy) is 4. The van der Waals surface area contributed by atoms with Gasteiger partial charge in [0.25, 0.3) is 0 Å². The summed E-state index contributed by atoms with van der Waals surface area (Å²) in [6.07, 6.45) is 1.12. The molecule has 1 aliphatic heterocycles. The number of benzene rings is 2. The summed E-state index contributed by atoms with van der Waals surface area (Å²) in [5, 5.41) is 42.9. The third-order valence-electron chi connectivity index (χ3n) is 5.82. The van der Waals surface area contributed by atoms with Crippen LogP contribution in [0.3, 0.4) is 0 Å². The first-order chi connectivity index (χ1) is 16.4. The van der Waals surface area contributed by atoms with Crippen LogP contribution in [0, 0.1) is 0 Å². The Morgan fingerprint density at radius 1 is 1.06 bits per heavy atom. The predicted molar refractivity (Wildman–Crippen MR) is 126 cm³/mol. The van der Waals surface area contributed by atoms with Gasteiger partial charge in [0.15, 0.2) is 29.8 Å². The van der Waals surface area contributed by atoms with Crippen LogP contribution in [-0.4, -0.2) is 66.2 Å². The Bertz CT molecular complexity index is 922. The number of hydrogen-bond donors (Lipinski definition) is 5. The molecule has 0 unspecified atom stereocenters. The molecule has 1 fully saturated rings. The third-order valence-corrected chi connectivity index (χ3v) is 5.82. The minimum Gasteiger partial charge on any atom is -0.504 e. The lowest BCUT2D eigenvalue weighted by atomic mass is 9.93. The van der Waals surface area contributed by atoms with Gasteiger partial charge in [-0.3, -0.25) is 0 Å². The average molecular weight is 478 g/mol. The summed E-state index contributed by atoms with van der Waals surface area (Å²) in [4.78, 5) is 0. The zero-order valence-electron chi connectivity index (χ0n) is 19.7. The number of nitrogens with one attached hydrogen (secondary N) is 1. The lowest BCUT2D eigenvalue weighted by molar-refractivity contribution is -0.0999. The molecule has 0 aromatic heterocycles. The Kier molecular flexibility index (Phi) is 9.64. The molecule has 5 N–H and O–H groups in total. The third kappa shape index (κ3) is 6.89. The number of aromatic hydroxyl groups is 2. The van der Waals surface area contributed by atoms with Gasteiger partial charge in [-0.25, -0.2) is 0 Å². The molecule has 9 nitrogen and oxygen atoms in total. The minimum atomic E-state index is -0.533. The van der Waals surface area contributed by atoms with Crippen LogP contribution in [0.25, 0.3) is 0 Å². The van der Waals surface area contributed by atoms with E-state index >= 15 is 0 Å². The summed E-state index contributed by atoms with van der Waals surface area (Å²) in [6.45, 7) is 3.35. The van der Waals surface area contributed by atoms with E-state index in [1.165, 1.54) is 13.2 Å². The number of aliphatic hydroxyl groups is 2. The van der Waals surface area contributed by atoms with Gasteiger partial charge in [-0.1, -0.05) is 13.0 Å². The van der Waals surface area contributed by atoms with E-state index < -0.39 is 12.9 Å². The van der Waals surface area contributed by atoms with Crippen molar-refractivity contribution in [3.63, 3.8) is 0 Å². The second-order valence-electron chi connectivity index (χ2n) is 8.26. The molecule has 0 aliphatic carbocycles. The van der Waals surface area contributed by atoms with Crippen molar-refractivity contribution in [3.8, 4) is 28.7 Å². The lowest BCUT2D eigenvalue weighted by Gasteiger charge is -2.34. The molecule has 2 aromatic carbocycles. The molecule has 3 rings (SSSR count). The lowest BCUT2D eigenvalue weighted by Crippen LogP contribution is -2.31. The first kappa shape index (κ1) is 25.9. The number of rotatable bonds is 12. The molecule has 1 aliphatic rings. The fraction of sp³-hybridized carbons (Fsp3) is 0.520. The predicted octanol–water partition coefficient (Wildman–Crippen LogP) is 2.64. The smallest absolute Gasteiger partial charge is 0.200 e. The number of methoxy groups -OCH3 is 1. The highest BCUT2D eigenvalue weighted by Crippen LogP contribution is 2.42. The molecular formula is C25H35NO8. The van der Waals surface area contributed by atoms with Crippen molar-refractivity contribution in [2.75, 3.05) is 33.6 Å². The molecule has 1 heterocycles. The van der Waals surface area contributed by atoms with Crippen molar-refractivity contribution in [3.05, 3.63) is 41.5 Å². The molecule has 9 heteroatoms. The van der Waals surface area contributed by atoms with E-state index in [1.807, 2.05) is 6.92 Å². The van der Waals surface area contributed by atoms with Crippen molar-refractivity contribution in [1.82, 2.24) is 5.32 Å². The Labute approximate surface area is 199 Å². The summed E-state index contributed by atoms with van der Waals surface area (Å²) in [6, 6.07) is 8.45. The molecule has 2 aromatic rings. The van der Waals surface area contributed by atoms with E-state index in [1.54, 1.807) is 24.3 Å². The van der Waals surface area contributed by atoms with Gasteiger partial charge in [0.1, 0.15) is 6.61 Å². The Balaban J connectivity index is 1.69. The Morgan fingerprint density at radius 2 is 1.85 bits per heavy atom.